The molecule has 0 aliphatic heterocycles. The summed E-state index contributed by atoms with van der Waals surface area (Å²) in [4.78, 5) is 1.35. The number of rotatable bonds is 1. The van der Waals surface area contributed by atoms with Gasteiger partial charge in [-0.05, 0) is 75.0 Å². The molecule has 0 bridgehead atoms. The SMILES string of the molecule is Ic1ccc(-c2ccc(I)s2)cc1. The van der Waals surface area contributed by atoms with Crippen LogP contribution >= 0.6 is 56.5 Å². The first-order valence-corrected chi connectivity index (χ1v) is 6.74. The minimum atomic E-state index is 1.28. The van der Waals surface area contributed by atoms with Crippen LogP contribution in [-0.4, -0.2) is 0 Å². The van der Waals surface area contributed by atoms with Crippen LogP contribution in [0, 0.1) is 6.45 Å². The molecule has 0 aliphatic rings. The lowest BCUT2D eigenvalue weighted by Crippen LogP contribution is -1.72. The molecule has 0 spiro atoms. The Morgan fingerprint density at radius 2 is 1.54 bits per heavy atom. The Kier molecular flexibility index (Phi) is 3.26. The molecule has 0 nitrogen and oxygen atoms in total. The number of halogens is 2. The van der Waals surface area contributed by atoms with E-state index in [2.05, 4.69) is 81.6 Å². The molecule has 2 aromatic rings. The van der Waals surface area contributed by atoms with E-state index in [0.29, 0.717) is 0 Å². The highest BCUT2D eigenvalue weighted by Gasteiger charge is 1.99. The first-order valence-electron chi connectivity index (χ1n) is 3.77. The van der Waals surface area contributed by atoms with Crippen molar-refractivity contribution in [1.29, 1.82) is 0 Å². The van der Waals surface area contributed by atoms with Gasteiger partial charge in [0.2, 0.25) is 0 Å². The van der Waals surface area contributed by atoms with Crippen LogP contribution in [0.5, 0.6) is 0 Å². The van der Waals surface area contributed by atoms with Gasteiger partial charge in [0.25, 0.3) is 0 Å². The van der Waals surface area contributed by atoms with Gasteiger partial charge >= 0.3 is 0 Å². The second-order valence-corrected chi connectivity index (χ2v) is 6.83. The van der Waals surface area contributed by atoms with Crippen LogP contribution < -0.4 is 0 Å². The lowest BCUT2D eigenvalue weighted by atomic mass is 10.2. The Morgan fingerprint density at radius 1 is 0.846 bits per heavy atom. The fourth-order valence-corrected chi connectivity index (χ4v) is 3.07. The number of hydrogen-bond donors (Lipinski definition) is 0. The second kappa shape index (κ2) is 4.27. The van der Waals surface area contributed by atoms with Crippen LogP contribution in [0.1, 0.15) is 0 Å². The van der Waals surface area contributed by atoms with Crippen molar-refractivity contribution in [2.75, 3.05) is 0 Å². The molecular weight excluding hydrogens is 406 g/mol. The van der Waals surface area contributed by atoms with Crippen LogP contribution in [0.25, 0.3) is 10.4 Å². The first kappa shape index (κ1) is 9.92. The van der Waals surface area contributed by atoms with Crippen molar-refractivity contribution >= 4 is 56.5 Å². The van der Waals surface area contributed by atoms with Crippen LogP contribution in [0.3, 0.4) is 0 Å². The van der Waals surface area contributed by atoms with Gasteiger partial charge in [0.05, 0.1) is 2.88 Å². The van der Waals surface area contributed by atoms with Gasteiger partial charge in [-0.2, -0.15) is 0 Å². The maximum atomic E-state index is 2.35. The molecule has 3 heteroatoms. The van der Waals surface area contributed by atoms with Crippen molar-refractivity contribution in [3.63, 3.8) is 0 Å². The molecule has 0 fully saturated rings. The summed E-state index contributed by atoms with van der Waals surface area (Å²) in [5, 5.41) is 0. The minimum Gasteiger partial charge on any atom is -0.129 e. The molecule has 0 N–H and O–H groups in total. The van der Waals surface area contributed by atoms with Gasteiger partial charge in [-0.25, -0.2) is 0 Å². The molecule has 0 unspecified atom stereocenters. The molecular formula is C10H6I2S. The molecule has 0 atom stereocenters. The van der Waals surface area contributed by atoms with Crippen LogP contribution in [0.2, 0.25) is 0 Å². The summed E-state index contributed by atoms with van der Waals surface area (Å²) in [6.07, 6.45) is 0. The van der Waals surface area contributed by atoms with E-state index >= 15 is 0 Å². The molecule has 0 saturated heterocycles. The third-order valence-corrected chi connectivity index (χ3v) is 4.36. The van der Waals surface area contributed by atoms with Crippen molar-refractivity contribution in [2.45, 2.75) is 0 Å². The molecule has 13 heavy (non-hydrogen) atoms. The van der Waals surface area contributed by atoms with E-state index in [4.69, 9.17) is 0 Å². The summed E-state index contributed by atoms with van der Waals surface area (Å²) < 4.78 is 2.62. The maximum Gasteiger partial charge on any atom is 0.0660 e. The molecule has 0 saturated carbocycles. The van der Waals surface area contributed by atoms with Gasteiger partial charge in [-0.15, -0.1) is 11.3 Å². The van der Waals surface area contributed by atoms with Gasteiger partial charge < -0.3 is 0 Å². The summed E-state index contributed by atoms with van der Waals surface area (Å²) in [6.45, 7) is 0. The summed E-state index contributed by atoms with van der Waals surface area (Å²) in [5.41, 5.74) is 1.31. The van der Waals surface area contributed by atoms with E-state index in [1.807, 2.05) is 11.3 Å². The number of thiophene rings is 1. The topological polar surface area (TPSA) is 0 Å². The van der Waals surface area contributed by atoms with E-state index in [9.17, 15) is 0 Å². The van der Waals surface area contributed by atoms with E-state index in [1.165, 1.54) is 16.9 Å². The summed E-state index contributed by atoms with van der Waals surface area (Å²) in [5.74, 6) is 0. The zero-order valence-electron chi connectivity index (χ0n) is 6.63. The van der Waals surface area contributed by atoms with Crippen molar-refractivity contribution in [3.05, 3.63) is 42.9 Å². The van der Waals surface area contributed by atoms with Crippen molar-refractivity contribution in [1.82, 2.24) is 0 Å². The first-order chi connectivity index (χ1) is 6.25. The summed E-state index contributed by atoms with van der Waals surface area (Å²) in [7, 11) is 0. The van der Waals surface area contributed by atoms with E-state index in [0.717, 1.165) is 0 Å². The third-order valence-electron chi connectivity index (χ3n) is 1.70. The standard InChI is InChI=1S/C10H6I2S/c11-8-3-1-7(2-4-8)9-5-6-10(12)13-9/h1-6H. The van der Waals surface area contributed by atoms with Gasteiger partial charge in [0, 0.05) is 8.45 Å². The maximum absolute atomic E-state index is 2.35. The normalized spacial score (nSPS) is 10.3. The molecule has 2 rings (SSSR count). The zero-order chi connectivity index (χ0) is 9.26. The van der Waals surface area contributed by atoms with Crippen molar-refractivity contribution in [2.24, 2.45) is 0 Å². The number of hydrogen-bond acceptors (Lipinski definition) is 1. The van der Waals surface area contributed by atoms with Gasteiger partial charge in [-0.1, -0.05) is 12.1 Å². The van der Waals surface area contributed by atoms with E-state index < -0.39 is 0 Å². The van der Waals surface area contributed by atoms with Gasteiger partial charge in [0.1, 0.15) is 0 Å². The van der Waals surface area contributed by atoms with E-state index in [-0.39, 0.29) is 0 Å². The van der Waals surface area contributed by atoms with Gasteiger partial charge in [-0.3, -0.25) is 0 Å². The Labute approximate surface area is 109 Å². The Bertz CT molecular complexity index is 403. The molecule has 0 amide bonds. The fourth-order valence-electron chi connectivity index (χ4n) is 1.08. The number of benzene rings is 1. The predicted octanol–water partition coefficient (Wildman–Crippen LogP) is 4.62. The average Bonchev–Trinajstić information content (AvgIpc) is 2.53. The third kappa shape index (κ3) is 2.44. The largest absolute Gasteiger partial charge is 0.129 e. The lowest BCUT2D eigenvalue weighted by molar-refractivity contribution is 1.64. The highest BCUT2D eigenvalue weighted by molar-refractivity contribution is 14.1. The molecule has 1 heterocycles. The quantitative estimate of drug-likeness (QED) is 0.600. The van der Waals surface area contributed by atoms with E-state index in [1.54, 1.807) is 0 Å². The monoisotopic (exact) mass is 412 g/mol. The lowest BCUT2D eigenvalue weighted by Gasteiger charge is -1.96. The Morgan fingerprint density at radius 3 is 2.08 bits per heavy atom. The second-order valence-electron chi connectivity index (χ2n) is 2.61. The minimum absolute atomic E-state index is 1.28. The van der Waals surface area contributed by atoms with Crippen molar-refractivity contribution < 1.29 is 0 Å². The average molecular weight is 412 g/mol. The molecule has 0 radical (unpaired) electrons. The fraction of sp³-hybridized carbons (Fsp3) is 0. The smallest absolute Gasteiger partial charge is 0.0660 e. The zero-order valence-corrected chi connectivity index (χ0v) is 11.8. The molecule has 66 valence electrons. The summed E-state index contributed by atoms with van der Waals surface area (Å²) >= 11 is 6.51. The van der Waals surface area contributed by atoms with Crippen LogP contribution in [0.15, 0.2) is 36.4 Å². The van der Waals surface area contributed by atoms with Crippen LogP contribution in [0.4, 0.5) is 0 Å². The highest BCUT2D eigenvalue weighted by Crippen LogP contribution is 2.29. The molecule has 0 aliphatic carbocycles. The highest BCUT2D eigenvalue weighted by atomic mass is 127. The van der Waals surface area contributed by atoms with Crippen molar-refractivity contribution in [3.8, 4) is 10.4 Å². The summed E-state index contributed by atoms with van der Waals surface area (Å²) in [6, 6.07) is 12.9. The van der Waals surface area contributed by atoms with Crippen LogP contribution in [-0.2, 0) is 0 Å². The Hall–Kier alpha value is 0.380. The molecule has 1 aromatic carbocycles. The molecule has 1 aromatic heterocycles. The van der Waals surface area contributed by atoms with Gasteiger partial charge in [0.15, 0.2) is 0 Å². The Balaban J connectivity index is 2.41. The predicted molar refractivity (Wildman–Crippen MR) is 75.2 cm³/mol.